The third-order valence-corrected chi connectivity index (χ3v) is 5.35. The zero-order chi connectivity index (χ0) is 20.4. The highest BCUT2D eigenvalue weighted by atomic mass is 19.3. The van der Waals surface area contributed by atoms with Crippen LogP contribution in [-0.2, 0) is 14.4 Å². The second-order valence-electron chi connectivity index (χ2n) is 7.39. The molecule has 1 spiro atoms. The van der Waals surface area contributed by atoms with Crippen molar-refractivity contribution in [3.63, 3.8) is 0 Å². The number of hydrogen-bond donors (Lipinski definition) is 1. The lowest BCUT2D eigenvalue weighted by Gasteiger charge is -2.19. The molecule has 2 saturated heterocycles. The minimum Gasteiger partial charge on any atom is -0.485 e. The van der Waals surface area contributed by atoms with E-state index in [4.69, 9.17) is 14.3 Å². The molecular formula is C20H24F2N2O5. The molecule has 0 aromatic heterocycles. The zero-order valence-corrected chi connectivity index (χ0v) is 16.2. The van der Waals surface area contributed by atoms with Crippen LogP contribution >= 0.6 is 0 Å². The first-order valence-corrected chi connectivity index (χ1v) is 9.76. The molecule has 1 aromatic carbocycles. The molecule has 1 unspecified atom stereocenters. The third-order valence-electron chi connectivity index (χ3n) is 5.35. The van der Waals surface area contributed by atoms with E-state index in [1.807, 2.05) is 6.08 Å². The summed E-state index contributed by atoms with van der Waals surface area (Å²) < 4.78 is 41.7. The number of amides is 1. The molecule has 3 aliphatic heterocycles. The minimum absolute atomic E-state index is 0.0394. The Kier molecular flexibility index (Phi) is 5.60. The van der Waals surface area contributed by atoms with Crippen LogP contribution in [0.4, 0.5) is 8.78 Å². The first kappa shape index (κ1) is 19.9. The van der Waals surface area contributed by atoms with E-state index in [1.165, 1.54) is 6.07 Å². The lowest BCUT2D eigenvalue weighted by Crippen LogP contribution is -2.30. The van der Waals surface area contributed by atoms with Crippen LogP contribution in [0, 0.1) is 0 Å². The second-order valence-corrected chi connectivity index (χ2v) is 7.39. The summed E-state index contributed by atoms with van der Waals surface area (Å²) in [4.78, 5) is 19.3. The number of nitrogens with zero attached hydrogens (tertiary/aromatic N) is 1. The number of hydrogen-bond acceptors (Lipinski definition) is 6. The van der Waals surface area contributed by atoms with Gasteiger partial charge >= 0.3 is 6.61 Å². The van der Waals surface area contributed by atoms with Gasteiger partial charge in [0.25, 0.3) is 0 Å². The lowest BCUT2D eigenvalue weighted by molar-refractivity contribution is -0.130. The smallest absolute Gasteiger partial charge is 0.387 e. The summed E-state index contributed by atoms with van der Waals surface area (Å²) in [5.74, 6) is 0.225. The largest absolute Gasteiger partial charge is 0.485 e. The molecule has 1 N–H and O–H groups in total. The average molecular weight is 410 g/mol. The van der Waals surface area contributed by atoms with Crippen molar-refractivity contribution in [1.82, 2.24) is 10.4 Å². The summed E-state index contributed by atoms with van der Waals surface area (Å²) in [6.45, 7) is 0.941. The molecule has 3 heterocycles. The average Bonchev–Trinajstić information content (AvgIpc) is 3.45. The number of hydroxylamine groups is 1. The fourth-order valence-corrected chi connectivity index (χ4v) is 3.79. The highest BCUT2D eigenvalue weighted by molar-refractivity contribution is 5.76. The number of rotatable bonds is 6. The first-order chi connectivity index (χ1) is 14.0. The Morgan fingerprint density at radius 1 is 1.41 bits per heavy atom. The Labute approximate surface area is 167 Å². The van der Waals surface area contributed by atoms with Crippen LogP contribution in [0.2, 0.25) is 0 Å². The van der Waals surface area contributed by atoms with Crippen molar-refractivity contribution in [3.05, 3.63) is 29.8 Å². The Morgan fingerprint density at radius 2 is 2.28 bits per heavy atom. The summed E-state index contributed by atoms with van der Waals surface area (Å²) in [7, 11) is 0. The number of ether oxygens (including phenoxy) is 3. The Morgan fingerprint density at radius 3 is 3.00 bits per heavy atom. The molecule has 158 valence electrons. The van der Waals surface area contributed by atoms with Gasteiger partial charge in [-0.3, -0.25) is 15.1 Å². The van der Waals surface area contributed by atoms with Crippen LogP contribution in [0.5, 0.6) is 11.5 Å². The topological polar surface area (TPSA) is 69.3 Å². The van der Waals surface area contributed by atoms with E-state index in [9.17, 15) is 13.6 Å². The lowest BCUT2D eigenvalue weighted by atomic mass is 10.0. The fourth-order valence-electron chi connectivity index (χ4n) is 3.79. The Hall–Kier alpha value is -2.39. The van der Waals surface area contributed by atoms with Gasteiger partial charge in [-0.05, 0) is 24.3 Å². The van der Waals surface area contributed by atoms with Gasteiger partial charge < -0.3 is 19.1 Å². The van der Waals surface area contributed by atoms with E-state index in [0.717, 1.165) is 17.7 Å². The molecular weight excluding hydrogens is 386 g/mol. The molecule has 0 aliphatic carbocycles. The Balaban J connectivity index is 1.54. The van der Waals surface area contributed by atoms with Crippen molar-refractivity contribution < 1.29 is 32.6 Å². The molecule has 4 rings (SSSR count). The molecule has 9 heteroatoms. The molecule has 1 amide bonds. The molecule has 2 atom stereocenters. The van der Waals surface area contributed by atoms with Crippen LogP contribution in [0.1, 0.15) is 31.7 Å². The Bertz CT molecular complexity index is 795. The summed E-state index contributed by atoms with van der Waals surface area (Å²) in [5.41, 5.74) is 3.85. The van der Waals surface area contributed by atoms with Crippen LogP contribution in [-0.4, -0.2) is 55.4 Å². The van der Waals surface area contributed by atoms with Crippen molar-refractivity contribution in [2.24, 2.45) is 0 Å². The molecule has 3 aliphatic rings. The maximum atomic E-state index is 12.8. The number of nitrogens with one attached hydrogen (secondary N) is 1. The van der Waals surface area contributed by atoms with Crippen molar-refractivity contribution in [1.29, 1.82) is 0 Å². The van der Waals surface area contributed by atoms with Gasteiger partial charge in [0.05, 0.1) is 18.8 Å². The minimum atomic E-state index is -2.96. The third kappa shape index (κ3) is 4.30. The molecule has 2 fully saturated rings. The summed E-state index contributed by atoms with van der Waals surface area (Å²) >= 11 is 0. The molecule has 0 saturated carbocycles. The number of carbonyl (C=O) groups excluding carboxylic acids is 1. The zero-order valence-electron chi connectivity index (χ0n) is 16.2. The molecule has 0 bridgehead atoms. The van der Waals surface area contributed by atoms with Gasteiger partial charge in [-0.25, -0.2) is 0 Å². The number of benzene rings is 1. The highest BCUT2D eigenvalue weighted by Gasteiger charge is 2.39. The van der Waals surface area contributed by atoms with Gasteiger partial charge in [-0.2, -0.15) is 8.78 Å². The first-order valence-electron chi connectivity index (χ1n) is 9.76. The van der Waals surface area contributed by atoms with Gasteiger partial charge in [0.1, 0.15) is 11.7 Å². The predicted octanol–water partition coefficient (Wildman–Crippen LogP) is 2.71. The van der Waals surface area contributed by atoms with Gasteiger partial charge in [0.2, 0.25) is 5.91 Å². The van der Waals surface area contributed by atoms with Crippen LogP contribution < -0.4 is 15.0 Å². The SMILES string of the molecule is CCC(=O)N1CC[C@H](Oc2cc(C3=CC4(CCOC4)ON3)ccc2OC(F)F)C1. The monoisotopic (exact) mass is 410 g/mol. The van der Waals surface area contributed by atoms with E-state index >= 15 is 0 Å². The molecule has 0 radical (unpaired) electrons. The van der Waals surface area contributed by atoms with Crippen molar-refractivity contribution in [2.75, 3.05) is 26.3 Å². The second kappa shape index (κ2) is 8.16. The van der Waals surface area contributed by atoms with Crippen LogP contribution in [0.25, 0.3) is 5.70 Å². The van der Waals surface area contributed by atoms with E-state index in [-0.39, 0.29) is 23.5 Å². The molecule has 29 heavy (non-hydrogen) atoms. The highest BCUT2D eigenvalue weighted by Crippen LogP contribution is 2.37. The number of likely N-dealkylation sites (tertiary alicyclic amines) is 1. The number of carbonyl (C=O) groups is 1. The summed E-state index contributed by atoms with van der Waals surface area (Å²) in [6.07, 6.45) is 3.46. The quantitative estimate of drug-likeness (QED) is 0.778. The maximum Gasteiger partial charge on any atom is 0.387 e. The van der Waals surface area contributed by atoms with Crippen molar-refractivity contribution in [2.45, 2.75) is 44.5 Å². The van der Waals surface area contributed by atoms with Gasteiger partial charge in [-0.15, -0.1) is 0 Å². The molecule has 7 nitrogen and oxygen atoms in total. The van der Waals surface area contributed by atoms with E-state index in [1.54, 1.807) is 24.0 Å². The van der Waals surface area contributed by atoms with Gasteiger partial charge in [-0.1, -0.05) is 6.92 Å². The molecule has 1 aromatic rings. The number of halogens is 2. The fraction of sp³-hybridized carbons (Fsp3) is 0.550. The van der Waals surface area contributed by atoms with Crippen molar-refractivity contribution >= 4 is 11.6 Å². The summed E-state index contributed by atoms with van der Waals surface area (Å²) in [5, 5.41) is 0. The standard InChI is InChI=1S/C20H24F2N2O5/c1-2-18(25)24-7-5-14(11-24)27-17-9-13(3-4-16(17)28-19(21)22)15-10-20(29-23-15)6-8-26-12-20/h3-4,9-10,14,19,23H,2,5-8,11-12H2,1H3/t14-,20?/m0/s1. The maximum absolute atomic E-state index is 12.8. The number of alkyl halides is 2. The van der Waals surface area contributed by atoms with Gasteiger partial charge in [0.15, 0.2) is 11.5 Å². The van der Waals surface area contributed by atoms with E-state index in [0.29, 0.717) is 39.1 Å². The van der Waals surface area contributed by atoms with E-state index in [2.05, 4.69) is 10.2 Å². The van der Waals surface area contributed by atoms with Crippen LogP contribution in [0.15, 0.2) is 24.3 Å². The van der Waals surface area contributed by atoms with Crippen LogP contribution in [0.3, 0.4) is 0 Å². The van der Waals surface area contributed by atoms with Crippen molar-refractivity contribution in [3.8, 4) is 11.5 Å². The summed E-state index contributed by atoms with van der Waals surface area (Å²) in [6, 6.07) is 4.78. The normalized spacial score (nSPS) is 26.1. The van der Waals surface area contributed by atoms with E-state index < -0.39 is 12.2 Å². The predicted molar refractivity (Wildman–Crippen MR) is 99.3 cm³/mol. The van der Waals surface area contributed by atoms with Gasteiger partial charge in [0, 0.05) is 38.0 Å².